The molecule has 0 spiro atoms. The Balaban J connectivity index is 2.23. The Morgan fingerprint density at radius 3 is 2.42 bits per heavy atom. The van der Waals surface area contributed by atoms with Gasteiger partial charge in [-0.1, -0.05) is 79.4 Å². The third-order valence-electron chi connectivity index (χ3n) is 3.40. The maximum Gasteiger partial charge on any atom is 0.0801 e. The second-order valence-electron chi connectivity index (χ2n) is 5.09. The minimum atomic E-state index is -0.413. The summed E-state index contributed by atoms with van der Waals surface area (Å²) in [5.41, 5.74) is 0.901. The van der Waals surface area contributed by atoms with E-state index in [0.717, 1.165) is 22.9 Å². The van der Waals surface area contributed by atoms with Crippen LogP contribution in [0.25, 0.3) is 0 Å². The molecule has 1 rings (SSSR count). The first-order valence-electron chi connectivity index (χ1n) is 7.28. The molecule has 0 aliphatic heterocycles. The van der Waals surface area contributed by atoms with Gasteiger partial charge in [-0.25, -0.2) is 0 Å². The van der Waals surface area contributed by atoms with E-state index in [4.69, 9.17) is 11.6 Å². The summed E-state index contributed by atoms with van der Waals surface area (Å²) in [5, 5.41) is 10.9. The number of hydrogen-bond donors (Lipinski definition) is 1. The molecule has 0 saturated heterocycles. The van der Waals surface area contributed by atoms with Gasteiger partial charge in [0.15, 0.2) is 0 Å². The van der Waals surface area contributed by atoms with Crippen molar-refractivity contribution in [1.82, 2.24) is 0 Å². The highest BCUT2D eigenvalue weighted by Gasteiger charge is 2.11. The van der Waals surface area contributed by atoms with Crippen LogP contribution in [0.5, 0.6) is 0 Å². The number of hydrogen-bond acceptors (Lipinski definition) is 1. The third kappa shape index (κ3) is 6.78. The molecule has 108 valence electrons. The molecule has 1 N–H and O–H groups in total. The average molecular weight is 348 g/mol. The first-order valence-corrected chi connectivity index (χ1v) is 8.45. The van der Waals surface area contributed by atoms with Crippen LogP contribution in [0.4, 0.5) is 0 Å². The summed E-state index contributed by atoms with van der Waals surface area (Å²) in [6.45, 7) is 2.24. The topological polar surface area (TPSA) is 20.2 Å². The van der Waals surface area contributed by atoms with Gasteiger partial charge in [0.2, 0.25) is 0 Å². The van der Waals surface area contributed by atoms with E-state index in [2.05, 4.69) is 22.9 Å². The molecule has 1 atom stereocenters. The lowest BCUT2D eigenvalue weighted by Crippen LogP contribution is -1.98. The number of unbranched alkanes of at least 4 members (excludes halogenated alkanes) is 6. The highest BCUT2D eigenvalue weighted by Crippen LogP contribution is 2.29. The van der Waals surface area contributed by atoms with Crippen LogP contribution in [0.2, 0.25) is 5.02 Å². The quantitative estimate of drug-likeness (QED) is 0.521. The highest BCUT2D eigenvalue weighted by molar-refractivity contribution is 9.10. The van der Waals surface area contributed by atoms with Crippen molar-refractivity contribution in [2.45, 2.75) is 64.4 Å². The average Bonchev–Trinajstić information content (AvgIpc) is 2.40. The van der Waals surface area contributed by atoms with Crippen molar-refractivity contribution in [2.24, 2.45) is 0 Å². The molecule has 0 aromatic heterocycles. The molecular formula is C16H24BrClO. The molecule has 0 bridgehead atoms. The summed E-state index contributed by atoms with van der Waals surface area (Å²) in [4.78, 5) is 0. The van der Waals surface area contributed by atoms with E-state index in [1.54, 1.807) is 0 Å². The molecule has 0 aliphatic carbocycles. The first kappa shape index (κ1) is 17.0. The predicted molar refractivity (Wildman–Crippen MR) is 86.7 cm³/mol. The van der Waals surface area contributed by atoms with Crippen LogP contribution in [0, 0.1) is 0 Å². The van der Waals surface area contributed by atoms with Gasteiger partial charge in [0.1, 0.15) is 0 Å². The Hall–Kier alpha value is -0.0500. The van der Waals surface area contributed by atoms with Crippen molar-refractivity contribution < 1.29 is 5.11 Å². The Bertz CT molecular complexity index is 368. The van der Waals surface area contributed by atoms with E-state index >= 15 is 0 Å². The molecule has 1 aromatic rings. The van der Waals surface area contributed by atoms with Crippen molar-refractivity contribution in [1.29, 1.82) is 0 Å². The summed E-state index contributed by atoms with van der Waals surface area (Å²) >= 11 is 9.42. The lowest BCUT2D eigenvalue weighted by Gasteiger charge is -2.13. The van der Waals surface area contributed by atoms with E-state index in [0.29, 0.717) is 5.02 Å². The minimum Gasteiger partial charge on any atom is -0.388 e. The van der Waals surface area contributed by atoms with Gasteiger partial charge in [0.25, 0.3) is 0 Å². The van der Waals surface area contributed by atoms with Gasteiger partial charge in [-0.2, -0.15) is 0 Å². The largest absolute Gasteiger partial charge is 0.388 e. The van der Waals surface area contributed by atoms with Gasteiger partial charge < -0.3 is 5.11 Å². The van der Waals surface area contributed by atoms with Crippen molar-refractivity contribution in [3.05, 3.63) is 33.3 Å². The molecular weight excluding hydrogens is 324 g/mol. The van der Waals surface area contributed by atoms with Crippen molar-refractivity contribution >= 4 is 27.5 Å². The minimum absolute atomic E-state index is 0.413. The van der Waals surface area contributed by atoms with Crippen molar-refractivity contribution in [3.8, 4) is 0 Å². The van der Waals surface area contributed by atoms with E-state index in [-0.39, 0.29) is 0 Å². The standard InChI is InChI=1S/C16H24BrClO/c1-2-3-4-5-6-7-8-9-16(19)14-12-13(18)10-11-15(14)17/h10-12,16,19H,2-9H2,1H3. The molecule has 1 aromatic carbocycles. The number of aliphatic hydroxyl groups is 1. The van der Waals surface area contributed by atoms with Crippen LogP contribution in [0.3, 0.4) is 0 Å². The van der Waals surface area contributed by atoms with E-state index in [1.807, 2.05) is 18.2 Å². The van der Waals surface area contributed by atoms with Crippen molar-refractivity contribution in [3.63, 3.8) is 0 Å². The summed E-state index contributed by atoms with van der Waals surface area (Å²) in [7, 11) is 0. The predicted octanol–water partition coefficient (Wildman–Crippen LogP) is 6.28. The summed E-state index contributed by atoms with van der Waals surface area (Å²) in [6, 6.07) is 5.57. The van der Waals surface area contributed by atoms with Gasteiger partial charge in [-0.15, -0.1) is 0 Å². The zero-order chi connectivity index (χ0) is 14.1. The Morgan fingerprint density at radius 2 is 1.74 bits per heavy atom. The smallest absolute Gasteiger partial charge is 0.0801 e. The SMILES string of the molecule is CCCCCCCCCC(O)c1cc(Cl)ccc1Br. The van der Waals surface area contributed by atoms with Gasteiger partial charge >= 0.3 is 0 Å². The molecule has 0 heterocycles. The van der Waals surface area contributed by atoms with Gasteiger partial charge in [0.05, 0.1) is 6.10 Å². The summed E-state index contributed by atoms with van der Waals surface area (Å²) < 4.78 is 0.937. The Morgan fingerprint density at radius 1 is 1.11 bits per heavy atom. The van der Waals surface area contributed by atoms with E-state index < -0.39 is 6.10 Å². The molecule has 0 aliphatic rings. The zero-order valence-electron chi connectivity index (χ0n) is 11.7. The van der Waals surface area contributed by atoms with Crippen LogP contribution in [-0.2, 0) is 0 Å². The Labute approximate surface area is 130 Å². The third-order valence-corrected chi connectivity index (χ3v) is 4.36. The maximum atomic E-state index is 10.2. The van der Waals surface area contributed by atoms with Crippen LogP contribution < -0.4 is 0 Å². The van der Waals surface area contributed by atoms with E-state index in [9.17, 15) is 5.11 Å². The molecule has 19 heavy (non-hydrogen) atoms. The normalized spacial score (nSPS) is 12.6. The fraction of sp³-hybridized carbons (Fsp3) is 0.625. The van der Waals surface area contributed by atoms with Gasteiger partial charge in [0, 0.05) is 9.50 Å². The molecule has 0 radical (unpaired) electrons. The van der Waals surface area contributed by atoms with Gasteiger partial charge in [-0.05, 0) is 30.2 Å². The van der Waals surface area contributed by atoms with Crippen molar-refractivity contribution in [2.75, 3.05) is 0 Å². The van der Waals surface area contributed by atoms with Gasteiger partial charge in [-0.3, -0.25) is 0 Å². The summed E-state index contributed by atoms with van der Waals surface area (Å²) in [6.07, 6.45) is 9.27. The molecule has 1 nitrogen and oxygen atoms in total. The fourth-order valence-corrected chi connectivity index (χ4v) is 2.91. The monoisotopic (exact) mass is 346 g/mol. The lowest BCUT2D eigenvalue weighted by molar-refractivity contribution is 0.162. The number of aliphatic hydroxyl groups excluding tert-OH is 1. The van der Waals surface area contributed by atoms with Crippen LogP contribution >= 0.6 is 27.5 Å². The number of benzene rings is 1. The van der Waals surface area contributed by atoms with Crippen LogP contribution in [-0.4, -0.2) is 5.11 Å². The first-order chi connectivity index (χ1) is 9.15. The molecule has 1 unspecified atom stereocenters. The van der Waals surface area contributed by atoms with Crippen LogP contribution in [0.15, 0.2) is 22.7 Å². The fourth-order valence-electron chi connectivity index (χ4n) is 2.22. The highest BCUT2D eigenvalue weighted by atomic mass is 79.9. The zero-order valence-corrected chi connectivity index (χ0v) is 14.0. The molecule has 0 fully saturated rings. The second-order valence-corrected chi connectivity index (χ2v) is 6.38. The van der Waals surface area contributed by atoms with E-state index in [1.165, 1.54) is 38.5 Å². The maximum absolute atomic E-state index is 10.2. The molecule has 3 heteroatoms. The number of rotatable bonds is 9. The lowest BCUT2D eigenvalue weighted by atomic mass is 10.0. The van der Waals surface area contributed by atoms with Crippen LogP contribution in [0.1, 0.15) is 70.0 Å². The number of halogens is 2. The molecule has 0 amide bonds. The Kier molecular flexibility index (Phi) is 8.76. The summed E-state index contributed by atoms with van der Waals surface area (Å²) in [5.74, 6) is 0. The second kappa shape index (κ2) is 9.79. The molecule has 0 saturated carbocycles.